The van der Waals surface area contributed by atoms with Crippen LogP contribution in [0.4, 0.5) is 0 Å². The number of hydrogen-bond donors (Lipinski definition) is 1. The summed E-state index contributed by atoms with van der Waals surface area (Å²) < 4.78 is 0. The lowest BCUT2D eigenvalue weighted by Gasteiger charge is -2.28. The molecule has 2 nitrogen and oxygen atoms in total. The molecule has 3 atom stereocenters. The van der Waals surface area contributed by atoms with Crippen LogP contribution in [0.2, 0.25) is 0 Å². The maximum absolute atomic E-state index is 10.7. The molecule has 0 saturated carbocycles. The van der Waals surface area contributed by atoms with Crippen LogP contribution in [0.3, 0.4) is 0 Å². The van der Waals surface area contributed by atoms with E-state index in [1.165, 1.54) is 0 Å². The Morgan fingerprint density at radius 1 is 1.31 bits per heavy atom. The van der Waals surface area contributed by atoms with E-state index in [2.05, 4.69) is 20.8 Å². The highest BCUT2D eigenvalue weighted by atomic mass is 16.3. The first kappa shape index (κ1) is 12.6. The average Bonchev–Trinajstić information content (AvgIpc) is 1.82. The van der Waals surface area contributed by atoms with E-state index in [1.807, 2.05) is 6.92 Å². The van der Waals surface area contributed by atoms with E-state index in [0.29, 0.717) is 0 Å². The molecule has 13 heavy (non-hydrogen) atoms. The molecule has 0 aliphatic carbocycles. The summed E-state index contributed by atoms with van der Waals surface area (Å²) in [6.07, 6.45) is 1.30. The SMILES string of the molecule is CC(O)C(C=O)C(C)CC(C)(C)C. The summed E-state index contributed by atoms with van der Waals surface area (Å²) in [5.41, 5.74) is 0.218. The highest BCUT2D eigenvalue weighted by molar-refractivity contribution is 5.54. The molecule has 0 bridgehead atoms. The predicted molar refractivity (Wildman–Crippen MR) is 54.5 cm³/mol. The third kappa shape index (κ3) is 5.04. The largest absolute Gasteiger partial charge is 0.393 e. The van der Waals surface area contributed by atoms with E-state index in [0.717, 1.165) is 12.7 Å². The van der Waals surface area contributed by atoms with Gasteiger partial charge in [-0.3, -0.25) is 0 Å². The number of carbonyl (C=O) groups is 1. The van der Waals surface area contributed by atoms with Crippen molar-refractivity contribution >= 4 is 6.29 Å². The van der Waals surface area contributed by atoms with E-state index < -0.39 is 6.10 Å². The van der Waals surface area contributed by atoms with Gasteiger partial charge in [-0.15, -0.1) is 0 Å². The van der Waals surface area contributed by atoms with Crippen molar-refractivity contribution in [3.05, 3.63) is 0 Å². The number of aliphatic hydroxyl groups excluding tert-OH is 1. The summed E-state index contributed by atoms with van der Waals surface area (Å²) in [5, 5.41) is 9.35. The van der Waals surface area contributed by atoms with Crippen molar-refractivity contribution in [1.82, 2.24) is 0 Å². The van der Waals surface area contributed by atoms with Crippen LogP contribution in [-0.2, 0) is 4.79 Å². The van der Waals surface area contributed by atoms with E-state index >= 15 is 0 Å². The maximum Gasteiger partial charge on any atom is 0.125 e. The Morgan fingerprint density at radius 2 is 1.77 bits per heavy atom. The minimum absolute atomic E-state index is 0.218. The summed E-state index contributed by atoms with van der Waals surface area (Å²) in [6.45, 7) is 10.1. The normalized spacial score (nSPS) is 19.2. The zero-order chi connectivity index (χ0) is 10.6. The number of rotatable bonds is 4. The van der Waals surface area contributed by atoms with Crippen molar-refractivity contribution in [1.29, 1.82) is 0 Å². The second-order valence-corrected chi connectivity index (χ2v) is 5.20. The van der Waals surface area contributed by atoms with Crippen molar-refractivity contribution in [3.63, 3.8) is 0 Å². The fourth-order valence-electron chi connectivity index (χ4n) is 1.83. The Bertz CT molecular complexity index is 156. The van der Waals surface area contributed by atoms with Gasteiger partial charge in [-0.05, 0) is 24.7 Å². The summed E-state index contributed by atoms with van der Waals surface area (Å²) >= 11 is 0. The van der Waals surface area contributed by atoms with E-state index in [9.17, 15) is 9.90 Å². The molecular weight excluding hydrogens is 164 g/mol. The summed E-state index contributed by atoms with van der Waals surface area (Å²) in [6, 6.07) is 0. The van der Waals surface area contributed by atoms with Gasteiger partial charge in [0.25, 0.3) is 0 Å². The Balaban J connectivity index is 4.22. The van der Waals surface area contributed by atoms with Gasteiger partial charge >= 0.3 is 0 Å². The number of hydrogen-bond acceptors (Lipinski definition) is 2. The molecule has 1 N–H and O–H groups in total. The molecule has 78 valence electrons. The van der Waals surface area contributed by atoms with Gasteiger partial charge in [0.2, 0.25) is 0 Å². The molecule has 0 fully saturated rings. The van der Waals surface area contributed by atoms with Crippen LogP contribution >= 0.6 is 0 Å². The Morgan fingerprint density at radius 3 is 2.00 bits per heavy atom. The van der Waals surface area contributed by atoms with Crippen molar-refractivity contribution in [2.24, 2.45) is 17.3 Å². The predicted octanol–water partition coefficient (Wildman–Crippen LogP) is 2.25. The van der Waals surface area contributed by atoms with Gasteiger partial charge in [-0.1, -0.05) is 27.7 Å². The maximum atomic E-state index is 10.7. The van der Waals surface area contributed by atoms with Gasteiger partial charge in [0.05, 0.1) is 6.10 Å². The standard InChI is InChI=1S/C11H22O2/c1-8(6-11(3,4)5)10(7-12)9(2)13/h7-10,13H,6H2,1-5H3. The summed E-state index contributed by atoms with van der Waals surface area (Å²) in [4.78, 5) is 10.7. The van der Waals surface area contributed by atoms with E-state index in [-0.39, 0.29) is 17.3 Å². The third-order valence-electron chi connectivity index (χ3n) is 2.31. The first-order chi connectivity index (χ1) is 5.78. The van der Waals surface area contributed by atoms with Gasteiger partial charge < -0.3 is 9.90 Å². The molecule has 0 aliphatic heterocycles. The van der Waals surface area contributed by atoms with Gasteiger partial charge in [0.1, 0.15) is 6.29 Å². The van der Waals surface area contributed by atoms with Crippen LogP contribution in [0.5, 0.6) is 0 Å². The summed E-state index contributed by atoms with van der Waals surface area (Å²) in [7, 11) is 0. The fourth-order valence-corrected chi connectivity index (χ4v) is 1.83. The molecule has 3 unspecified atom stereocenters. The molecule has 0 amide bonds. The molecule has 0 saturated heterocycles. The molecule has 0 aromatic carbocycles. The smallest absolute Gasteiger partial charge is 0.125 e. The van der Waals surface area contributed by atoms with Crippen LogP contribution < -0.4 is 0 Å². The Labute approximate surface area is 81.3 Å². The van der Waals surface area contributed by atoms with Crippen molar-refractivity contribution in [3.8, 4) is 0 Å². The first-order valence-electron chi connectivity index (χ1n) is 4.91. The van der Waals surface area contributed by atoms with Crippen molar-refractivity contribution in [2.45, 2.75) is 47.1 Å². The van der Waals surface area contributed by atoms with E-state index in [1.54, 1.807) is 6.92 Å². The van der Waals surface area contributed by atoms with Gasteiger partial charge in [0.15, 0.2) is 0 Å². The molecular formula is C11H22O2. The number of aldehydes is 1. The minimum Gasteiger partial charge on any atom is -0.393 e. The molecule has 0 rings (SSSR count). The van der Waals surface area contributed by atoms with Crippen molar-refractivity contribution in [2.75, 3.05) is 0 Å². The monoisotopic (exact) mass is 186 g/mol. The Hall–Kier alpha value is -0.370. The van der Waals surface area contributed by atoms with Gasteiger partial charge in [0, 0.05) is 5.92 Å². The lowest BCUT2D eigenvalue weighted by Crippen LogP contribution is -2.28. The van der Waals surface area contributed by atoms with E-state index in [4.69, 9.17) is 0 Å². The number of aliphatic hydroxyl groups is 1. The third-order valence-corrected chi connectivity index (χ3v) is 2.31. The molecule has 0 aromatic rings. The minimum atomic E-state index is -0.533. The van der Waals surface area contributed by atoms with Crippen LogP contribution in [0.25, 0.3) is 0 Å². The quantitative estimate of drug-likeness (QED) is 0.684. The topological polar surface area (TPSA) is 37.3 Å². The zero-order valence-corrected chi connectivity index (χ0v) is 9.37. The summed E-state index contributed by atoms with van der Waals surface area (Å²) in [5.74, 6) is 0.0247. The lowest BCUT2D eigenvalue weighted by atomic mass is 9.78. The van der Waals surface area contributed by atoms with Crippen LogP contribution in [0, 0.1) is 17.3 Å². The molecule has 2 heteroatoms. The van der Waals surface area contributed by atoms with Gasteiger partial charge in [-0.25, -0.2) is 0 Å². The second kappa shape index (κ2) is 4.75. The van der Waals surface area contributed by atoms with Gasteiger partial charge in [-0.2, -0.15) is 0 Å². The Kier molecular flexibility index (Phi) is 4.62. The van der Waals surface area contributed by atoms with Crippen molar-refractivity contribution < 1.29 is 9.90 Å². The molecule has 0 aromatic heterocycles. The first-order valence-corrected chi connectivity index (χ1v) is 4.91. The highest BCUT2D eigenvalue weighted by Crippen LogP contribution is 2.29. The fraction of sp³-hybridized carbons (Fsp3) is 0.909. The molecule has 0 heterocycles. The molecule has 0 spiro atoms. The highest BCUT2D eigenvalue weighted by Gasteiger charge is 2.25. The van der Waals surface area contributed by atoms with Crippen LogP contribution in [0.1, 0.15) is 41.0 Å². The lowest BCUT2D eigenvalue weighted by molar-refractivity contribution is -0.116. The van der Waals surface area contributed by atoms with Crippen LogP contribution in [0.15, 0.2) is 0 Å². The number of carbonyl (C=O) groups excluding carboxylic acids is 1. The zero-order valence-electron chi connectivity index (χ0n) is 9.37. The molecule has 0 aliphatic rings. The molecule has 0 radical (unpaired) electrons. The average molecular weight is 186 g/mol. The second-order valence-electron chi connectivity index (χ2n) is 5.20. The van der Waals surface area contributed by atoms with Crippen LogP contribution in [-0.4, -0.2) is 17.5 Å².